The van der Waals surface area contributed by atoms with E-state index in [0.29, 0.717) is 6.42 Å². The quantitative estimate of drug-likeness (QED) is 0.455. The SMILES string of the molecule is COC(CCCCCCCCCCCC(C)C)C(=O)O. The highest BCUT2D eigenvalue weighted by molar-refractivity contribution is 5.72. The maximum atomic E-state index is 10.7. The topological polar surface area (TPSA) is 46.5 Å². The van der Waals surface area contributed by atoms with Crippen LogP contribution in [0.1, 0.15) is 84.5 Å². The van der Waals surface area contributed by atoms with Crippen molar-refractivity contribution in [2.24, 2.45) is 5.92 Å². The van der Waals surface area contributed by atoms with Crippen molar-refractivity contribution in [3.8, 4) is 0 Å². The van der Waals surface area contributed by atoms with E-state index >= 15 is 0 Å². The van der Waals surface area contributed by atoms with Crippen LogP contribution >= 0.6 is 0 Å². The highest BCUT2D eigenvalue weighted by Gasteiger charge is 2.14. The second kappa shape index (κ2) is 13.4. The van der Waals surface area contributed by atoms with E-state index < -0.39 is 12.1 Å². The largest absolute Gasteiger partial charge is 0.479 e. The van der Waals surface area contributed by atoms with Crippen LogP contribution in [0.25, 0.3) is 0 Å². The standard InChI is InChI=1S/C17H34O3/c1-15(2)13-11-9-7-5-4-6-8-10-12-14-16(20-3)17(18)19/h15-16H,4-14H2,1-3H3,(H,18,19). The zero-order valence-electron chi connectivity index (χ0n) is 13.7. The van der Waals surface area contributed by atoms with E-state index in [9.17, 15) is 4.79 Å². The van der Waals surface area contributed by atoms with E-state index in [0.717, 1.165) is 18.8 Å². The third kappa shape index (κ3) is 12.5. The van der Waals surface area contributed by atoms with Gasteiger partial charge >= 0.3 is 5.97 Å². The van der Waals surface area contributed by atoms with Crippen LogP contribution < -0.4 is 0 Å². The molecular weight excluding hydrogens is 252 g/mol. The Morgan fingerprint density at radius 3 is 1.60 bits per heavy atom. The lowest BCUT2D eigenvalue weighted by atomic mass is 10.0. The van der Waals surface area contributed by atoms with Crippen molar-refractivity contribution in [2.75, 3.05) is 7.11 Å². The van der Waals surface area contributed by atoms with E-state index in [4.69, 9.17) is 9.84 Å². The first-order chi connectivity index (χ1) is 9.57. The molecule has 0 amide bonds. The van der Waals surface area contributed by atoms with Gasteiger partial charge in [0.2, 0.25) is 0 Å². The average molecular weight is 286 g/mol. The summed E-state index contributed by atoms with van der Waals surface area (Å²) in [4.78, 5) is 10.7. The zero-order valence-corrected chi connectivity index (χ0v) is 13.7. The number of carboxylic acid groups (broad SMARTS) is 1. The van der Waals surface area contributed by atoms with Crippen LogP contribution in [0.3, 0.4) is 0 Å². The van der Waals surface area contributed by atoms with Gasteiger partial charge in [0.15, 0.2) is 6.10 Å². The van der Waals surface area contributed by atoms with E-state index in [1.54, 1.807) is 0 Å². The molecule has 0 saturated carbocycles. The molecule has 3 heteroatoms. The maximum absolute atomic E-state index is 10.7. The first-order valence-electron chi connectivity index (χ1n) is 8.33. The van der Waals surface area contributed by atoms with Gasteiger partial charge in [-0.15, -0.1) is 0 Å². The summed E-state index contributed by atoms with van der Waals surface area (Å²) >= 11 is 0. The minimum atomic E-state index is -0.839. The fourth-order valence-electron chi connectivity index (χ4n) is 2.46. The number of aliphatic carboxylic acids is 1. The molecule has 0 spiro atoms. The summed E-state index contributed by atoms with van der Waals surface area (Å²) in [6, 6.07) is 0. The molecular formula is C17H34O3. The number of hydrogen-bond acceptors (Lipinski definition) is 2. The molecule has 1 unspecified atom stereocenters. The molecule has 0 heterocycles. The highest BCUT2D eigenvalue weighted by atomic mass is 16.5. The Hall–Kier alpha value is -0.570. The van der Waals surface area contributed by atoms with Gasteiger partial charge in [0.05, 0.1) is 0 Å². The zero-order chi connectivity index (χ0) is 15.2. The summed E-state index contributed by atoms with van der Waals surface area (Å²) in [5, 5.41) is 8.83. The molecule has 0 aromatic carbocycles. The van der Waals surface area contributed by atoms with Crippen LogP contribution in [0, 0.1) is 5.92 Å². The van der Waals surface area contributed by atoms with Crippen LogP contribution in [-0.4, -0.2) is 24.3 Å². The predicted molar refractivity (Wildman–Crippen MR) is 84.1 cm³/mol. The molecule has 0 radical (unpaired) electrons. The van der Waals surface area contributed by atoms with Gasteiger partial charge in [-0.25, -0.2) is 4.79 Å². The Kier molecular flexibility index (Phi) is 13.0. The van der Waals surface area contributed by atoms with Crippen LogP contribution in [0.2, 0.25) is 0 Å². The van der Waals surface area contributed by atoms with Gasteiger partial charge < -0.3 is 9.84 Å². The lowest BCUT2D eigenvalue weighted by molar-refractivity contribution is -0.148. The fourth-order valence-corrected chi connectivity index (χ4v) is 2.46. The maximum Gasteiger partial charge on any atom is 0.332 e. The molecule has 0 aromatic rings. The average Bonchev–Trinajstić information content (AvgIpc) is 2.39. The molecule has 0 saturated heterocycles. The first kappa shape index (κ1) is 19.4. The normalized spacial score (nSPS) is 12.8. The van der Waals surface area contributed by atoms with Crippen molar-refractivity contribution >= 4 is 5.97 Å². The highest BCUT2D eigenvalue weighted by Crippen LogP contribution is 2.14. The van der Waals surface area contributed by atoms with Gasteiger partial charge in [-0.1, -0.05) is 78.1 Å². The van der Waals surface area contributed by atoms with E-state index in [1.165, 1.54) is 58.5 Å². The van der Waals surface area contributed by atoms with Crippen LogP contribution in [0.4, 0.5) is 0 Å². The Morgan fingerprint density at radius 2 is 1.25 bits per heavy atom. The Labute approximate surface area is 125 Å². The summed E-state index contributed by atoms with van der Waals surface area (Å²) < 4.78 is 4.91. The minimum Gasteiger partial charge on any atom is -0.479 e. The number of unbranched alkanes of at least 4 members (excludes halogenated alkanes) is 8. The van der Waals surface area contributed by atoms with Gasteiger partial charge in [-0.3, -0.25) is 0 Å². The molecule has 0 aromatic heterocycles. The van der Waals surface area contributed by atoms with Crippen molar-refractivity contribution in [3.63, 3.8) is 0 Å². The van der Waals surface area contributed by atoms with Crippen LogP contribution in [0.15, 0.2) is 0 Å². The molecule has 0 aliphatic heterocycles. The Bertz CT molecular complexity index is 226. The van der Waals surface area contributed by atoms with Crippen molar-refractivity contribution in [2.45, 2.75) is 90.6 Å². The van der Waals surface area contributed by atoms with Crippen molar-refractivity contribution in [1.82, 2.24) is 0 Å². The summed E-state index contributed by atoms with van der Waals surface area (Å²) in [6.45, 7) is 4.58. The Balaban J connectivity index is 3.19. The molecule has 3 nitrogen and oxygen atoms in total. The van der Waals surface area contributed by atoms with Gasteiger partial charge in [0, 0.05) is 7.11 Å². The molecule has 0 rings (SSSR count). The third-order valence-corrected chi connectivity index (χ3v) is 3.81. The van der Waals surface area contributed by atoms with E-state index in [1.807, 2.05) is 0 Å². The molecule has 20 heavy (non-hydrogen) atoms. The molecule has 120 valence electrons. The molecule has 1 N–H and O–H groups in total. The van der Waals surface area contributed by atoms with Crippen molar-refractivity contribution < 1.29 is 14.6 Å². The summed E-state index contributed by atoms with van der Waals surface area (Å²) in [7, 11) is 1.47. The number of ether oxygens (including phenoxy) is 1. The number of methoxy groups -OCH3 is 1. The summed E-state index contributed by atoms with van der Waals surface area (Å²) in [5.41, 5.74) is 0. The summed E-state index contributed by atoms with van der Waals surface area (Å²) in [6.07, 6.45) is 12.8. The Morgan fingerprint density at radius 1 is 0.850 bits per heavy atom. The molecule has 0 bridgehead atoms. The van der Waals surface area contributed by atoms with E-state index in [2.05, 4.69) is 13.8 Å². The van der Waals surface area contributed by atoms with Gasteiger partial charge in [-0.2, -0.15) is 0 Å². The van der Waals surface area contributed by atoms with E-state index in [-0.39, 0.29) is 0 Å². The number of carboxylic acids is 1. The van der Waals surface area contributed by atoms with Crippen LogP contribution in [0.5, 0.6) is 0 Å². The van der Waals surface area contributed by atoms with Gasteiger partial charge in [0.1, 0.15) is 0 Å². The molecule has 0 aliphatic rings. The third-order valence-electron chi connectivity index (χ3n) is 3.81. The smallest absolute Gasteiger partial charge is 0.332 e. The van der Waals surface area contributed by atoms with Gasteiger partial charge in [0.25, 0.3) is 0 Å². The second-order valence-corrected chi connectivity index (χ2v) is 6.22. The number of hydrogen-bond donors (Lipinski definition) is 1. The summed E-state index contributed by atoms with van der Waals surface area (Å²) in [5.74, 6) is 0.00521. The van der Waals surface area contributed by atoms with Crippen molar-refractivity contribution in [1.29, 1.82) is 0 Å². The van der Waals surface area contributed by atoms with Crippen molar-refractivity contribution in [3.05, 3.63) is 0 Å². The number of carbonyl (C=O) groups is 1. The van der Waals surface area contributed by atoms with Gasteiger partial charge in [-0.05, 0) is 12.3 Å². The lowest BCUT2D eigenvalue weighted by Crippen LogP contribution is -2.21. The minimum absolute atomic E-state index is 0.615. The molecule has 0 aliphatic carbocycles. The van der Waals surface area contributed by atoms with Crippen LogP contribution in [-0.2, 0) is 9.53 Å². The molecule has 0 fully saturated rings. The molecule has 1 atom stereocenters. The number of rotatable bonds is 14. The predicted octanol–water partition coefficient (Wildman–Crippen LogP) is 5.03. The lowest BCUT2D eigenvalue weighted by Gasteiger charge is -2.09. The fraction of sp³-hybridized carbons (Fsp3) is 0.941. The monoisotopic (exact) mass is 286 g/mol. The first-order valence-corrected chi connectivity index (χ1v) is 8.33. The second-order valence-electron chi connectivity index (χ2n) is 6.22.